The molecule has 0 radical (unpaired) electrons. The molecule has 0 unspecified atom stereocenters. The molecule has 78 valence electrons. The van der Waals surface area contributed by atoms with Gasteiger partial charge in [0.05, 0.1) is 6.20 Å². The standard InChI is InChI=1S/C12H14N2O/c1-12(2,13)10-5-3-9(4-6-10)11-14-7-8-15-11/h3-8H,13H2,1-2H3. The predicted octanol–water partition coefficient (Wildman–Crippen LogP) is 2.54. The number of nitrogens with zero attached hydrogens (tertiary/aromatic N) is 1. The van der Waals surface area contributed by atoms with Gasteiger partial charge in [0.25, 0.3) is 0 Å². The summed E-state index contributed by atoms with van der Waals surface area (Å²) in [5.41, 5.74) is 7.74. The van der Waals surface area contributed by atoms with Crippen molar-refractivity contribution in [1.29, 1.82) is 0 Å². The fourth-order valence-corrected chi connectivity index (χ4v) is 1.41. The monoisotopic (exact) mass is 202 g/mol. The number of nitrogens with two attached hydrogens (primary N) is 1. The van der Waals surface area contributed by atoms with E-state index in [1.54, 1.807) is 12.5 Å². The lowest BCUT2D eigenvalue weighted by molar-refractivity contribution is 0.553. The lowest BCUT2D eigenvalue weighted by atomic mass is 9.95. The van der Waals surface area contributed by atoms with E-state index in [0.29, 0.717) is 5.89 Å². The molecule has 0 fully saturated rings. The maximum absolute atomic E-state index is 5.99. The van der Waals surface area contributed by atoms with Crippen LogP contribution in [0.1, 0.15) is 19.4 Å². The molecule has 2 rings (SSSR count). The summed E-state index contributed by atoms with van der Waals surface area (Å²) in [4.78, 5) is 4.08. The Morgan fingerprint density at radius 3 is 2.33 bits per heavy atom. The van der Waals surface area contributed by atoms with E-state index in [0.717, 1.165) is 11.1 Å². The van der Waals surface area contributed by atoms with Crippen molar-refractivity contribution >= 4 is 0 Å². The van der Waals surface area contributed by atoms with Crippen LogP contribution in [0, 0.1) is 0 Å². The summed E-state index contributed by atoms with van der Waals surface area (Å²) in [6.45, 7) is 3.96. The molecule has 2 aromatic rings. The third-order valence-corrected chi connectivity index (χ3v) is 2.31. The van der Waals surface area contributed by atoms with Crippen molar-refractivity contribution < 1.29 is 4.42 Å². The SMILES string of the molecule is CC(C)(N)c1ccc(-c2ncco2)cc1. The number of aromatic nitrogens is 1. The van der Waals surface area contributed by atoms with Crippen LogP contribution in [0.3, 0.4) is 0 Å². The minimum Gasteiger partial charge on any atom is -0.445 e. The number of hydrogen-bond donors (Lipinski definition) is 1. The molecular formula is C12H14N2O. The van der Waals surface area contributed by atoms with E-state index in [9.17, 15) is 0 Å². The molecule has 0 saturated heterocycles. The summed E-state index contributed by atoms with van der Waals surface area (Å²) in [7, 11) is 0. The topological polar surface area (TPSA) is 52.0 Å². The van der Waals surface area contributed by atoms with Crippen molar-refractivity contribution in [3.8, 4) is 11.5 Å². The van der Waals surface area contributed by atoms with Crippen molar-refractivity contribution in [2.45, 2.75) is 19.4 Å². The lowest BCUT2D eigenvalue weighted by Crippen LogP contribution is -2.28. The van der Waals surface area contributed by atoms with Crippen molar-refractivity contribution in [3.63, 3.8) is 0 Å². The Balaban J connectivity index is 2.33. The van der Waals surface area contributed by atoms with Gasteiger partial charge in [-0.25, -0.2) is 4.98 Å². The molecule has 0 bridgehead atoms. The maximum atomic E-state index is 5.99. The number of hydrogen-bond acceptors (Lipinski definition) is 3. The predicted molar refractivity (Wildman–Crippen MR) is 59.2 cm³/mol. The Kier molecular flexibility index (Phi) is 2.32. The summed E-state index contributed by atoms with van der Waals surface area (Å²) in [5.74, 6) is 0.636. The normalized spacial score (nSPS) is 11.7. The number of oxazole rings is 1. The van der Waals surface area contributed by atoms with Gasteiger partial charge in [0, 0.05) is 11.1 Å². The van der Waals surface area contributed by atoms with E-state index in [2.05, 4.69) is 4.98 Å². The Bertz CT molecular complexity index is 424. The van der Waals surface area contributed by atoms with Gasteiger partial charge in [-0.2, -0.15) is 0 Å². The van der Waals surface area contributed by atoms with Crippen LogP contribution in [0.5, 0.6) is 0 Å². The highest BCUT2D eigenvalue weighted by atomic mass is 16.3. The van der Waals surface area contributed by atoms with E-state index in [1.165, 1.54) is 0 Å². The molecule has 2 N–H and O–H groups in total. The smallest absolute Gasteiger partial charge is 0.225 e. The fraction of sp³-hybridized carbons (Fsp3) is 0.250. The van der Waals surface area contributed by atoms with Gasteiger partial charge in [-0.15, -0.1) is 0 Å². The highest BCUT2D eigenvalue weighted by Crippen LogP contribution is 2.22. The van der Waals surface area contributed by atoms with Gasteiger partial charge in [0.1, 0.15) is 6.26 Å². The van der Waals surface area contributed by atoms with Gasteiger partial charge in [0.15, 0.2) is 0 Å². The second kappa shape index (κ2) is 3.51. The first-order valence-corrected chi connectivity index (χ1v) is 4.87. The lowest BCUT2D eigenvalue weighted by Gasteiger charge is -2.18. The molecule has 0 aliphatic carbocycles. The van der Waals surface area contributed by atoms with Crippen molar-refractivity contribution in [1.82, 2.24) is 4.98 Å². The molecule has 0 saturated carbocycles. The summed E-state index contributed by atoms with van der Waals surface area (Å²) in [5, 5.41) is 0. The van der Waals surface area contributed by atoms with E-state index in [-0.39, 0.29) is 5.54 Å². The third kappa shape index (κ3) is 2.07. The first-order chi connectivity index (χ1) is 7.07. The van der Waals surface area contributed by atoms with Gasteiger partial charge >= 0.3 is 0 Å². The zero-order chi connectivity index (χ0) is 10.9. The van der Waals surface area contributed by atoms with Crippen LogP contribution in [-0.4, -0.2) is 4.98 Å². The van der Waals surface area contributed by atoms with Crippen LogP contribution in [0.25, 0.3) is 11.5 Å². The summed E-state index contributed by atoms with van der Waals surface area (Å²) in [6, 6.07) is 7.94. The molecule has 3 heteroatoms. The Morgan fingerprint density at radius 1 is 1.20 bits per heavy atom. The maximum Gasteiger partial charge on any atom is 0.225 e. The van der Waals surface area contributed by atoms with Crippen LogP contribution >= 0.6 is 0 Å². The van der Waals surface area contributed by atoms with Gasteiger partial charge in [0.2, 0.25) is 5.89 Å². The summed E-state index contributed by atoms with van der Waals surface area (Å²) < 4.78 is 5.20. The van der Waals surface area contributed by atoms with E-state index in [4.69, 9.17) is 10.2 Å². The number of benzene rings is 1. The highest BCUT2D eigenvalue weighted by Gasteiger charge is 2.13. The average Bonchev–Trinajstić information content (AvgIpc) is 2.69. The van der Waals surface area contributed by atoms with Crippen molar-refractivity contribution in [2.75, 3.05) is 0 Å². The van der Waals surface area contributed by atoms with Crippen molar-refractivity contribution in [2.24, 2.45) is 5.73 Å². The van der Waals surface area contributed by atoms with E-state index in [1.807, 2.05) is 38.1 Å². The first kappa shape index (κ1) is 9.93. The molecule has 15 heavy (non-hydrogen) atoms. The van der Waals surface area contributed by atoms with E-state index >= 15 is 0 Å². The molecule has 1 aromatic heterocycles. The third-order valence-electron chi connectivity index (χ3n) is 2.31. The molecule has 0 aliphatic rings. The second-order valence-electron chi connectivity index (χ2n) is 4.14. The largest absolute Gasteiger partial charge is 0.445 e. The van der Waals surface area contributed by atoms with Gasteiger partial charge in [-0.05, 0) is 31.5 Å². The van der Waals surface area contributed by atoms with Crippen LogP contribution in [0.2, 0.25) is 0 Å². The quantitative estimate of drug-likeness (QED) is 0.814. The highest BCUT2D eigenvalue weighted by molar-refractivity contribution is 5.53. The van der Waals surface area contributed by atoms with Crippen molar-refractivity contribution in [3.05, 3.63) is 42.3 Å². The van der Waals surface area contributed by atoms with Gasteiger partial charge in [-0.1, -0.05) is 12.1 Å². The Labute approximate surface area is 88.9 Å². The van der Waals surface area contributed by atoms with Crippen LogP contribution in [0.4, 0.5) is 0 Å². The zero-order valence-corrected chi connectivity index (χ0v) is 8.90. The molecule has 0 amide bonds. The first-order valence-electron chi connectivity index (χ1n) is 4.87. The molecule has 0 spiro atoms. The summed E-state index contributed by atoms with van der Waals surface area (Å²) in [6.07, 6.45) is 3.20. The minimum atomic E-state index is -0.310. The summed E-state index contributed by atoms with van der Waals surface area (Å²) >= 11 is 0. The zero-order valence-electron chi connectivity index (χ0n) is 8.90. The second-order valence-corrected chi connectivity index (χ2v) is 4.14. The van der Waals surface area contributed by atoms with Crippen LogP contribution in [0.15, 0.2) is 41.1 Å². The fourth-order valence-electron chi connectivity index (χ4n) is 1.41. The minimum absolute atomic E-state index is 0.310. The Morgan fingerprint density at radius 2 is 1.87 bits per heavy atom. The molecular weight excluding hydrogens is 188 g/mol. The van der Waals surface area contributed by atoms with Gasteiger partial charge < -0.3 is 10.2 Å². The number of rotatable bonds is 2. The molecule has 1 aromatic carbocycles. The molecule has 3 nitrogen and oxygen atoms in total. The van der Waals surface area contributed by atoms with Gasteiger partial charge in [-0.3, -0.25) is 0 Å². The molecule has 0 atom stereocenters. The molecule has 0 aliphatic heterocycles. The van der Waals surface area contributed by atoms with E-state index < -0.39 is 0 Å². The van der Waals surface area contributed by atoms with Crippen LogP contribution < -0.4 is 5.73 Å². The van der Waals surface area contributed by atoms with Crippen LogP contribution in [-0.2, 0) is 5.54 Å². The Hall–Kier alpha value is -1.61. The average molecular weight is 202 g/mol. The molecule has 1 heterocycles.